The third-order valence-electron chi connectivity index (χ3n) is 4.76. The van der Waals surface area contributed by atoms with E-state index in [1.807, 2.05) is 44.2 Å². The maximum Gasteiger partial charge on any atom is 0.261 e. The molecule has 0 saturated heterocycles. The van der Waals surface area contributed by atoms with Crippen LogP contribution in [-0.2, 0) is 16.6 Å². The molecule has 3 heteroatoms. The highest BCUT2D eigenvalue weighted by Crippen LogP contribution is 2.25. The molecule has 0 aromatic heterocycles. The quantitative estimate of drug-likeness (QED) is 0.689. The van der Waals surface area contributed by atoms with Crippen LogP contribution in [0.4, 0.5) is 0 Å². The number of carbonyl (C=O) groups is 1. The summed E-state index contributed by atoms with van der Waals surface area (Å²) in [5.41, 5.74) is 2.65. The molecule has 0 saturated carbocycles. The SMILES string of the molecule is CC[C@@H](Oc1ccc(C(C)(C)C)cc1)C(=O)N[C@@H](C)CCc1ccccc1. The fourth-order valence-corrected chi connectivity index (χ4v) is 2.96. The van der Waals surface area contributed by atoms with Crippen molar-refractivity contribution >= 4 is 5.91 Å². The van der Waals surface area contributed by atoms with Crippen molar-refractivity contribution < 1.29 is 9.53 Å². The molecule has 0 heterocycles. The van der Waals surface area contributed by atoms with Crippen molar-refractivity contribution in [1.82, 2.24) is 5.32 Å². The molecule has 27 heavy (non-hydrogen) atoms. The van der Waals surface area contributed by atoms with Crippen LogP contribution >= 0.6 is 0 Å². The molecule has 0 radical (unpaired) electrons. The van der Waals surface area contributed by atoms with Crippen LogP contribution in [0.3, 0.4) is 0 Å². The Hall–Kier alpha value is -2.29. The number of ether oxygens (including phenoxy) is 1. The molecule has 2 aromatic carbocycles. The first-order valence-corrected chi connectivity index (χ1v) is 9.91. The topological polar surface area (TPSA) is 38.3 Å². The Morgan fingerprint density at radius 2 is 1.67 bits per heavy atom. The lowest BCUT2D eigenvalue weighted by Crippen LogP contribution is -2.42. The summed E-state index contributed by atoms with van der Waals surface area (Å²) in [6.07, 6.45) is 2.03. The zero-order valence-electron chi connectivity index (χ0n) is 17.3. The number of carbonyl (C=O) groups excluding carboxylic acids is 1. The summed E-state index contributed by atoms with van der Waals surface area (Å²) in [5, 5.41) is 3.09. The van der Waals surface area contributed by atoms with Crippen molar-refractivity contribution in [3.05, 3.63) is 65.7 Å². The maximum absolute atomic E-state index is 12.6. The normalized spacial score (nSPS) is 13.7. The molecule has 3 nitrogen and oxygen atoms in total. The van der Waals surface area contributed by atoms with E-state index in [0.29, 0.717) is 6.42 Å². The van der Waals surface area contributed by atoms with Gasteiger partial charge in [-0.2, -0.15) is 0 Å². The van der Waals surface area contributed by atoms with Crippen LogP contribution in [0.5, 0.6) is 5.75 Å². The van der Waals surface area contributed by atoms with Gasteiger partial charge in [0, 0.05) is 6.04 Å². The number of hydrogen-bond donors (Lipinski definition) is 1. The van der Waals surface area contributed by atoms with E-state index in [1.165, 1.54) is 11.1 Å². The molecule has 0 aliphatic heterocycles. The maximum atomic E-state index is 12.6. The number of rotatable bonds is 8. The first-order chi connectivity index (χ1) is 12.8. The lowest BCUT2D eigenvalue weighted by molar-refractivity contribution is -0.128. The van der Waals surface area contributed by atoms with Gasteiger partial charge >= 0.3 is 0 Å². The largest absolute Gasteiger partial charge is 0.481 e. The predicted molar refractivity (Wildman–Crippen MR) is 112 cm³/mol. The lowest BCUT2D eigenvalue weighted by Gasteiger charge is -2.22. The molecule has 2 aromatic rings. The number of benzene rings is 2. The Kier molecular flexibility index (Phi) is 7.46. The molecule has 2 rings (SSSR count). The molecule has 2 atom stereocenters. The molecule has 0 unspecified atom stereocenters. The number of nitrogens with one attached hydrogen (secondary N) is 1. The van der Waals surface area contributed by atoms with Crippen LogP contribution in [0.1, 0.15) is 58.6 Å². The average molecular weight is 368 g/mol. The van der Waals surface area contributed by atoms with Crippen LogP contribution in [0.2, 0.25) is 0 Å². The summed E-state index contributed by atoms with van der Waals surface area (Å²) in [6, 6.07) is 18.5. The van der Waals surface area contributed by atoms with E-state index in [-0.39, 0.29) is 17.4 Å². The summed E-state index contributed by atoms with van der Waals surface area (Å²) in [6.45, 7) is 10.6. The van der Waals surface area contributed by atoms with Crippen molar-refractivity contribution in [2.24, 2.45) is 0 Å². The second kappa shape index (κ2) is 9.59. The van der Waals surface area contributed by atoms with E-state index in [4.69, 9.17) is 4.74 Å². The molecular formula is C24H33NO2. The van der Waals surface area contributed by atoms with E-state index in [9.17, 15) is 4.79 Å². The van der Waals surface area contributed by atoms with Crippen molar-refractivity contribution in [3.63, 3.8) is 0 Å². The number of hydrogen-bond acceptors (Lipinski definition) is 2. The summed E-state index contributed by atoms with van der Waals surface area (Å²) in [7, 11) is 0. The Morgan fingerprint density at radius 3 is 2.22 bits per heavy atom. The summed E-state index contributed by atoms with van der Waals surface area (Å²) >= 11 is 0. The summed E-state index contributed by atoms with van der Waals surface area (Å²) in [4.78, 5) is 12.6. The predicted octanol–water partition coefficient (Wildman–Crippen LogP) is 5.28. The van der Waals surface area contributed by atoms with Gasteiger partial charge in [0.25, 0.3) is 5.91 Å². The highest BCUT2D eigenvalue weighted by molar-refractivity contribution is 5.81. The van der Waals surface area contributed by atoms with Crippen LogP contribution in [0.15, 0.2) is 54.6 Å². The third kappa shape index (κ3) is 6.74. The molecule has 0 aliphatic rings. The van der Waals surface area contributed by atoms with Crippen LogP contribution in [-0.4, -0.2) is 18.1 Å². The minimum Gasteiger partial charge on any atom is -0.481 e. The van der Waals surface area contributed by atoms with Gasteiger partial charge in [0.05, 0.1) is 0 Å². The van der Waals surface area contributed by atoms with E-state index in [0.717, 1.165) is 18.6 Å². The number of aryl methyl sites for hydroxylation is 1. The molecule has 0 aliphatic carbocycles. The third-order valence-corrected chi connectivity index (χ3v) is 4.76. The zero-order valence-corrected chi connectivity index (χ0v) is 17.3. The van der Waals surface area contributed by atoms with E-state index >= 15 is 0 Å². The van der Waals surface area contributed by atoms with Gasteiger partial charge in [-0.3, -0.25) is 4.79 Å². The van der Waals surface area contributed by atoms with Gasteiger partial charge in [-0.25, -0.2) is 0 Å². The highest BCUT2D eigenvalue weighted by Gasteiger charge is 2.20. The van der Waals surface area contributed by atoms with E-state index in [2.05, 4.69) is 50.4 Å². The smallest absolute Gasteiger partial charge is 0.261 e. The molecule has 0 spiro atoms. The van der Waals surface area contributed by atoms with Crippen LogP contribution in [0, 0.1) is 0 Å². The van der Waals surface area contributed by atoms with Gasteiger partial charge < -0.3 is 10.1 Å². The van der Waals surface area contributed by atoms with Crippen LogP contribution in [0.25, 0.3) is 0 Å². The summed E-state index contributed by atoms with van der Waals surface area (Å²) in [5.74, 6) is 0.694. The number of amides is 1. The Labute approximate surface area is 164 Å². The Morgan fingerprint density at radius 1 is 1.04 bits per heavy atom. The van der Waals surface area contributed by atoms with Gasteiger partial charge in [-0.15, -0.1) is 0 Å². The highest BCUT2D eigenvalue weighted by atomic mass is 16.5. The zero-order chi connectivity index (χ0) is 19.9. The van der Waals surface area contributed by atoms with Crippen molar-refractivity contribution in [1.29, 1.82) is 0 Å². The van der Waals surface area contributed by atoms with Crippen molar-refractivity contribution in [2.45, 2.75) is 71.4 Å². The minimum atomic E-state index is -0.468. The Balaban J connectivity index is 1.87. The molecule has 1 N–H and O–H groups in total. The van der Waals surface area contributed by atoms with Gasteiger partial charge in [0.1, 0.15) is 5.75 Å². The molecule has 1 amide bonds. The lowest BCUT2D eigenvalue weighted by atomic mass is 9.87. The molecular weight excluding hydrogens is 334 g/mol. The average Bonchev–Trinajstić information content (AvgIpc) is 2.65. The summed E-state index contributed by atoms with van der Waals surface area (Å²) < 4.78 is 5.94. The van der Waals surface area contributed by atoms with E-state index in [1.54, 1.807) is 0 Å². The standard InChI is InChI=1S/C24H33NO2/c1-6-22(27-21-16-14-20(15-17-21)24(3,4)5)23(26)25-18(2)12-13-19-10-8-7-9-11-19/h7-11,14-18,22H,6,12-13H2,1-5H3,(H,25,26)/t18-,22+/m0/s1. The van der Waals surface area contributed by atoms with Crippen LogP contribution < -0.4 is 10.1 Å². The second-order valence-electron chi connectivity index (χ2n) is 8.22. The fraction of sp³-hybridized carbons (Fsp3) is 0.458. The first kappa shape index (κ1) is 21.0. The van der Waals surface area contributed by atoms with Gasteiger partial charge in [0.15, 0.2) is 6.10 Å². The Bertz CT molecular complexity index is 701. The molecule has 146 valence electrons. The van der Waals surface area contributed by atoms with Gasteiger partial charge in [0.2, 0.25) is 0 Å². The minimum absolute atomic E-state index is 0.0436. The van der Waals surface area contributed by atoms with Gasteiger partial charge in [-0.1, -0.05) is 70.2 Å². The monoisotopic (exact) mass is 367 g/mol. The van der Waals surface area contributed by atoms with Gasteiger partial charge in [-0.05, 0) is 54.9 Å². The molecule has 0 bridgehead atoms. The van der Waals surface area contributed by atoms with Crippen molar-refractivity contribution in [2.75, 3.05) is 0 Å². The first-order valence-electron chi connectivity index (χ1n) is 9.91. The fourth-order valence-electron chi connectivity index (χ4n) is 2.96. The molecule has 0 fully saturated rings. The van der Waals surface area contributed by atoms with Crippen molar-refractivity contribution in [3.8, 4) is 5.75 Å². The van der Waals surface area contributed by atoms with E-state index < -0.39 is 6.10 Å². The second-order valence-corrected chi connectivity index (χ2v) is 8.22.